The van der Waals surface area contributed by atoms with Crippen LogP contribution in [-0.2, 0) is 28.7 Å². The first-order chi connectivity index (χ1) is 9.28. The second-order valence-electron chi connectivity index (χ2n) is 5.16. The Labute approximate surface area is 116 Å². The molecule has 0 aromatic heterocycles. The quantitative estimate of drug-likeness (QED) is 0.766. The Morgan fingerprint density at radius 2 is 1.89 bits per heavy atom. The van der Waals surface area contributed by atoms with E-state index in [4.69, 9.17) is 9.47 Å². The van der Waals surface area contributed by atoms with E-state index in [1.54, 1.807) is 14.2 Å². The van der Waals surface area contributed by atoms with E-state index in [0.29, 0.717) is 0 Å². The van der Waals surface area contributed by atoms with Gasteiger partial charge in [-0.15, -0.1) is 0 Å². The van der Waals surface area contributed by atoms with E-state index >= 15 is 0 Å². The molecule has 3 nitrogen and oxygen atoms in total. The predicted molar refractivity (Wildman–Crippen MR) is 77.4 cm³/mol. The zero-order valence-corrected chi connectivity index (χ0v) is 12.2. The molecule has 1 aromatic rings. The highest BCUT2D eigenvalue weighted by Gasteiger charge is 2.21. The summed E-state index contributed by atoms with van der Waals surface area (Å²) in [4.78, 5) is 0. The van der Waals surface area contributed by atoms with Crippen LogP contribution in [0.5, 0.6) is 0 Å². The van der Waals surface area contributed by atoms with Gasteiger partial charge in [-0.25, -0.2) is 0 Å². The minimum absolute atomic E-state index is 0.194. The molecule has 1 N–H and O–H groups in total. The van der Waals surface area contributed by atoms with Gasteiger partial charge in [0.15, 0.2) is 6.29 Å². The van der Waals surface area contributed by atoms with Crippen LogP contribution >= 0.6 is 0 Å². The normalized spacial score (nSPS) is 15.8. The van der Waals surface area contributed by atoms with E-state index in [0.717, 1.165) is 13.0 Å². The fourth-order valence-corrected chi connectivity index (χ4v) is 2.96. The molecule has 1 atom stereocenters. The summed E-state index contributed by atoms with van der Waals surface area (Å²) in [7, 11) is 3.39. The molecule has 19 heavy (non-hydrogen) atoms. The lowest BCUT2D eigenvalue weighted by Gasteiger charge is -2.25. The molecule has 0 heterocycles. The number of nitrogens with one attached hydrogen (secondary N) is 1. The van der Waals surface area contributed by atoms with Crippen molar-refractivity contribution < 1.29 is 9.47 Å². The third-order valence-corrected chi connectivity index (χ3v) is 3.88. The number of likely N-dealkylation sites (N-methyl/N-ethyl adjacent to an activating group) is 1. The van der Waals surface area contributed by atoms with Crippen LogP contribution in [0.3, 0.4) is 0 Å². The highest BCUT2D eigenvalue weighted by atomic mass is 16.7. The molecule has 0 saturated heterocycles. The van der Waals surface area contributed by atoms with Crippen LogP contribution in [0.1, 0.15) is 30.0 Å². The number of benzene rings is 1. The summed E-state index contributed by atoms with van der Waals surface area (Å²) in [6.07, 6.45) is 4.51. The zero-order chi connectivity index (χ0) is 13.7. The number of ether oxygens (including phenoxy) is 2. The van der Waals surface area contributed by atoms with Crippen molar-refractivity contribution in [3.8, 4) is 0 Å². The van der Waals surface area contributed by atoms with Crippen molar-refractivity contribution in [2.75, 3.05) is 20.8 Å². The van der Waals surface area contributed by atoms with Crippen LogP contribution in [0.4, 0.5) is 0 Å². The molecule has 106 valence electrons. The Kier molecular flexibility index (Phi) is 5.37. The highest BCUT2D eigenvalue weighted by molar-refractivity contribution is 5.35. The van der Waals surface area contributed by atoms with Gasteiger partial charge in [0.2, 0.25) is 0 Å². The molecule has 2 rings (SSSR count). The van der Waals surface area contributed by atoms with Gasteiger partial charge in [-0.05, 0) is 48.9 Å². The van der Waals surface area contributed by atoms with Gasteiger partial charge in [0.1, 0.15) is 0 Å². The maximum absolute atomic E-state index is 5.39. The zero-order valence-electron chi connectivity index (χ0n) is 12.2. The molecule has 1 aliphatic rings. The number of methoxy groups -OCH3 is 2. The molecule has 1 unspecified atom stereocenters. The van der Waals surface area contributed by atoms with Crippen molar-refractivity contribution in [2.45, 2.75) is 44.9 Å². The number of fused-ring (bicyclic) bond motifs is 1. The Bertz CT molecular complexity index is 402. The Morgan fingerprint density at radius 1 is 1.16 bits per heavy atom. The van der Waals surface area contributed by atoms with Gasteiger partial charge >= 0.3 is 0 Å². The van der Waals surface area contributed by atoms with E-state index in [1.807, 2.05) is 0 Å². The largest absolute Gasteiger partial charge is 0.354 e. The van der Waals surface area contributed by atoms with Gasteiger partial charge in [0.05, 0.1) is 6.04 Å². The number of aryl methyl sites for hydroxylation is 2. The fourth-order valence-electron chi connectivity index (χ4n) is 2.96. The average molecular weight is 263 g/mol. The van der Waals surface area contributed by atoms with Crippen molar-refractivity contribution in [2.24, 2.45) is 0 Å². The van der Waals surface area contributed by atoms with E-state index in [2.05, 4.69) is 30.4 Å². The number of hydrogen-bond acceptors (Lipinski definition) is 3. The molecule has 0 amide bonds. The van der Waals surface area contributed by atoms with Gasteiger partial charge in [0, 0.05) is 14.2 Å². The summed E-state index contributed by atoms with van der Waals surface area (Å²) < 4.78 is 10.8. The third-order valence-electron chi connectivity index (χ3n) is 3.88. The first-order valence-corrected chi connectivity index (χ1v) is 7.18. The second-order valence-corrected chi connectivity index (χ2v) is 5.16. The molecule has 0 fully saturated rings. The molecular weight excluding hydrogens is 238 g/mol. The summed E-state index contributed by atoms with van der Waals surface area (Å²) >= 11 is 0. The van der Waals surface area contributed by atoms with Crippen molar-refractivity contribution in [3.05, 3.63) is 34.9 Å². The lowest BCUT2D eigenvalue weighted by Crippen LogP contribution is -2.43. The standard InChI is InChI=1S/C16H25NO2/c1-4-17-15(16(18-2)19-3)11-12-8-9-13-6-5-7-14(13)10-12/h8-10,15-17H,4-7,11H2,1-3H3. The number of hydrogen-bond donors (Lipinski definition) is 1. The van der Waals surface area contributed by atoms with Crippen LogP contribution in [0.2, 0.25) is 0 Å². The van der Waals surface area contributed by atoms with Crippen LogP contribution in [-0.4, -0.2) is 33.1 Å². The highest BCUT2D eigenvalue weighted by Crippen LogP contribution is 2.23. The molecule has 0 bridgehead atoms. The SMILES string of the molecule is CCNC(Cc1ccc2c(c1)CCC2)C(OC)OC. The van der Waals surface area contributed by atoms with E-state index in [9.17, 15) is 0 Å². The van der Waals surface area contributed by atoms with Crippen molar-refractivity contribution >= 4 is 0 Å². The Morgan fingerprint density at radius 3 is 2.58 bits per heavy atom. The monoisotopic (exact) mass is 263 g/mol. The van der Waals surface area contributed by atoms with Crippen molar-refractivity contribution in [3.63, 3.8) is 0 Å². The van der Waals surface area contributed by atoms with Crippen LogP contribution < -0.4 is 5.32 Å². The van der Waals surface area contributed by atoms with Gasteiger partial charge < -0.3 is 14.8 Å². The summed E-state index contributed by atoms with van der Waals surface area (Å²) in [5.74, 6) is 0. The average Bonchev–Trinajstić information content (AvgIpc) is 2.87. The van der Waals surface area contributed by atoms with Crippen molar-refractivity contribution in [1.82, 2.24) is 5.32 Å². The minimum atomic E-state index is -0.201. The maximum Gasteiger partial charge on any atom is 0.172 e. The minimum Gasteiger partial charge on any atom is -0.354 e. The molecule has 0 saturated carbocycles. The molecule has 1 aliphatic carbocycles. The topological polar surface area (TPSA) is 30.5 Å². The third kappa shape index (κ3) is 3.56. The van der Waals surface area contributed by atoms with Crippen LogP contribution in [0.25, 0.3) is 0 Å². The van der Waals surface area contributed by atoms with Gasteiger partial charge in [-0.3, -0.25) is 0 Å². The van der Waals surface area contributed by atoms with E-state index in [-0.39, 0.29) is 12.3 Å². The Balaban J connectivity index is 2.08. The number of rotatable bonds is 7. The maximum atomic E-state index is 5.39. The molecule has 0 spiro atoms. The van der Waals surface area contributed by atoms with Crippen molar-refractivity contribution in [1.29, 1.82) is 0 Å². The van der Waals surface area contributed by atoms with Gasteiger partial charge in [0.25, 0.3) is 0 Å². The Hall–Kier alpha value is -0.900. The molecule has 0 aliphatic heterocycles. The molecule has 1 aromatic carbocycles. The molecule has 0 radical (unpaired) electrons. The summed E-state index contributed by atoms with van der Waals surface area (Å²) in [5.41, 5.74) is 4.42. The lowest BCUT2D eigenvalue weighted by molar-refractivity contribution is -0.122. The molecular formula is C16H25NO2. The summed E-state index contributed by atoms with van der Waals surface area (Å²) in [6, 6.07) is 7.08. The first kappa shape index (κ1) is 14.5. The predicted octanol–water partition coefficient (Wildman–Crippen LogP) is 2.31. The smallest absolute Gasteiger partial charge is 0.172 e. The van der Waals surface area contributed by atoms with E-state index < -0.39 is 0 Å². The first-order valence-electron chi connectivity index (χ1n) is 7.18. The summed E-state index contributed by atoms with van der Waals surface area (Å²) in [6.45, 7) is 3.02. The van der Waals surface area contributed by atoms with Crippen LogP contribution in [0.15, 0.2) is 18.2 Å². The second kappa shape index (κ2) is 7.04. The van der Waals surface area contributed by atoms with E-state index in [1.165, 1.54) is 36.0 Å². The fraction of sp³-hybridized carbons (Fsp3) is 0.625. The molecule has 3 heteroatoms. The summed E-state index contributed by atoms with van der Waals surface area (Å²) in [5, 5.41) is 3.45. The van der Waals surface area contributed by atoms with Gasteiger partial charge in [-0.2, -0.15) is 0 Å². The van der Waals surface area contributed by atoms with Gasteiger partial charge in [-0.1, -0.05) is 25.1 Å². The van der Waals surface area contributed by atoms with Crippen LogP contribution in [0, 0.1) is 0 Å². The lowest BCUT2D eigenvalue weighted by atomic mass is 10.0.